The smallest absolute Gasteiger partial charge is 0.407 e. The van der Waals surface area contributed by atoms with Gasteiger partial charge in [0.1, 0.15) is 12.6 Å². The molecule has 2 aromatic rings. The summed E-state index contributed by atoms with van der Waals surface area (Å²) in [5.74, 6) is -1.59. The molecular formula is C26H26N2O5. The van der Waals surface area contributed by atoms with Gasteiger partial charge in [-0.05, 0) is 41.5 Å². The van der Waals surface area contributed by atoms with Gasteiger partial charge in [0, 0.05) is 12.5 Å². The summed E-state index contributed by atoms with van der Waals surface area (Å²) >= 11 is 0. The predicted octanol–water partition coefficient (Wildman–Crippen LogP) is 3.55. The number of rotatable bonds is 5. The maximum absolute atomic E-state index is 12.8. The minimum Gasteiger partial charge on any atom is -0.480 e. The molecule has 170 valence electrons. The van der Waals surface area contributed by atoms with Crippen molar-refractivity contribution in [2.24, 2.45) is 5.92 Å². The van der Waals surface area contributed by atoms with Crippen LogP contribution in [0.4, 0.5) is 4.79 Å². The molecule has 0 saturated carbocycles. The summed E-state index contributed by atoms with van der Waals surface area (Å²) in [5.41, 5.74) is 4.64. The van der Waals surface area contributed by atoms with E-state index in [0.29, 0.717) is 25.8 Å². The number of carbonyl (C=O) groups is 3. The van der Waals surface area contributed by atoms with Crippen LogP contribution in [0.1, 0.15) is 36.3 Å². The number of aliphatic carboxylic acids is 1. The van der Waals surface area contributed by atoms with E-state index in [2.05, 4.69) is 29.6 Å². The number of fused-ring (bicyclic) bond motifs is 3. The number of hydrogen-bond donors (Lipinski definition) is 2. The summed E-state index contributed by atoms with van der Waals surface area (Å²) in [4.78, 5) is 38.2. The summed E-state index contributed by atoms with van der Waals surface area (Å²) in [6.07, 6.45) is 4.61. The highest BCUT2D eigenvalue weighted by Gasteiger charge is 2.38. The first-order valence-corrected chi connectivity index (χ1v) is 11.4. The zero-order chi connectivity index (χ0) is 22.9. The van der Waals surface area contributed by atoms with Gasteiger partial charge in [0.05, 0.1) is 12.0 Å². The summed E-state index contributed by atoms with van der Waals surface area (Å²) in [5, 5.41) is 12.2. The number of ether oxygens (including phenoxy) is 1. The molecule has 3 atom stereocenters. The fourth-order valence-corrected chi connectivity index (χ4v) is 5.28. The Bertz CT molecular complexity index is 1080. The lowest BCUT2D eigenvalue weighted by Crippen LogP contribution is -2.43. The van der Waals surface area contributed by atoms with Gasteiger partial charge < -0.3 is 20.1 Å². The Balaban J connectivity index is 1.17. The van der Waals surface area contributed by atoms with Gasteiger partial charge in [0.15, 0.2) is 0 Å². The Kier molecular flexibility index (Phi) is 5.62. The molecule has 33 heavy (non-hydrogen) atoms. The quantitative estimate of drug-likeness (QED) is 0.685. The van der Waals surface area contributed by atoms with Crippen molar-refractivity contribution in [2.45, 2.75) is 37.3 Å². The van der Waals surface area contributed by atoms with Crippen molar-refractivity contribution in [3.63, 3.8) is 0 Å². The molecule has 1 fully saturated rings. The van der Waals surface area contributed by atoms with Gasteiger partial charge in [0.25, 0.3) is 0 Å². The van der Waals surface area contributed by atoms with Crippen molar-refractivity contribution >= 4 is 18.0 Å². The monoisotopic (exact) mass is 446 g/mol. The summed E-state index contributed by atoms with van der Waals surface area (Å²) in [6, 6.07) is 15.3. The van der Waals surface area contributed by atoms with Crippen molar-refractivity contribution < 1.29 is 24.2 Å². The van der Waals surface area contributed by atoms with Crippen molar-refractivity contribution in [2.75, 3.05) is 13.2 Å². The van der Waals surface area contributed by atoms with E-state index < -0.39 is 24.0 Å². The van der Waals surface area contributed by atoms with E-state index in [-0.39, 0.29) is 24.5 Å². The molecule has 7 heteroatoms. The van der Waals surface area contributed by atoms with E-state index in [1.807, 2.05) is 24.3 Å². The van der Waals surface area contributed by atoms with Gasteiger partial charge in [-0.3, -0.25) is 4.79 Å². The molecule has 0 aromatic heterocycles. The lowest BCUT2D eigenvalue weighted by Gasteiger charge is -2.24. The van der Waals surface area contributed by atoms with Gasteiger partial charge in [-0.1, -0.05) is 60.7 Å². The molecule has 0 bridgehead atoms. The molecule has 2 amide bonds. The molecule has 0 spiro atoms. The van der Waals surface area contributed by atoms with E-state index in [1.54, 1.807) is 12.2 Å². The molecule has 7 nitrogen and oxygen atoms in total. The third-order valence-electron chi connectivity index (χ3n) is 6.87. The number of alkyl carbamates (subject to hydrolysis) is 1. The molecule has 1 saturated heterocycles. The van der Waals surface area contributed by atoms with E-state index >= 15 is 0 Å². The number of benzene rings is 2. The number of carboxylic acids is 1. The van der Waals surface area contributed by atoms with Gasteiger partial charge in [-0.2, -0.15) is 0 Å². The Labute approximate surface area is 192 Å². The van der Waals surface area contributed by atoms with Crippen molar-refractivity contribution in [1.29, 1.82) is 0 Å². The highest BCUT2D eigenvalue weighted by Crippen LogP contribution is 2.44. The van der Waals surface area contributed by atoms with Crippen molar-refractivity contribution in [3.8, 4) is 11.1 Å². The van der Waals surface area contributed by atoms with Crippen LogP contribution in [0, 0.1) is 5.92 Å². The normalized spacial score (nSPS) is 23.3. The minimum absolute atomic E-state index is 0.0142. The average Bonchev–Trinajstić information content (AvgIpc) is 3.55. The second kappa shape index (κ2) is 8.73. The molecule has 1 heterocycles. The number of amides is 2. The first-order chi connectivity index (χ1) is 16.0. The second-order valence-electron chi connectivity index (χ2n) is 8.83. The highest BCUT2D eigenvalue weighted by atomic mass is 16.5. The zero-order valence-electron chi connectivity index (χ0n) is 18.1. The van der Waals surface area contributed by atoms with E-state index in [0.717, 1.165) is 11.1 Å². The van der Waals surface area contributed by atoms with Crippen LogP contribution in [0.5, 0.6) is 0 Å². The molecule has 2 aliphatic carbocycles. The predicted molar refractivity (Wildman–Crippen MR) is 122 cm³/mol. The second-order valence-corrected chi connectivity index (χ2v) is 8.83. The van der Waals surface area contributed by atoms with Gasteiger partial charge in [0.2, 0.25) is 5.91 Å². The van der Waals surface area contributed by atoms with Gasteiger partial charge in [-0.25, -0.2) is 9.59 Å². The third kappa shape index (κ3) is 3.99. The van der Waals surface area contributed by atoms with Crippen LogP contribution in [0.25, 0.3) is 11.1 Å². The Morgan fingerprint density at radius 3 is 2.33 bits per heavy atom. The summed E-state index contributed by atoms with van der Waals surface area (Å²) < 4.78 is 5.59. The lowest BCUT2D eigenvalue weighted by atomic mass is 9.98. The number of carbonyl (C=O) groups excluding carboxylic acids is 2. The number of hydrogen-bond acceptors (Lipinski definition) is 4. The van der Waals surface area contributed by atoms with Crippen LogP contribution < -0.4 is 5.32 Å². The number of likely N-dealkylation sites (tertiary alicyclic amines) is 1. The van der Waals surface area contributed by atoms with Crippen LogP contribution in [-0.4, -0.2) is 53.2 Å². The summed E-state index contributed by atoms with van der Waals surface area (Å²) in [7, 11) is 0. The molecule has 2 unspecified atom stereocenters. The number of nitrogens with zero attached hydrogens (tertiary/aromatic N) is 1. The van der Waals surface area contributed by atoms with Crippen LogP contribution in [-0.2, 0) is 14.3 Å². The highest BCUT2D eigenvalue weighted by molar-refractivity contribution is 5.87. The SMILES string of the molecule is O=C(NC1C=CC(C(=O)N2CCC[C@@H]2C(=O)O)C1)OCC1c2ccccc2-c2ccccc21. The Hall–Kier alpha value is -3.61. The number of carboxylic acid groups (broad SMARTS) is 1. The molecular weight excluding hydrogens is 420 g/mol. The summed E-state index contributed by atoms with van der Waals surface area (Å²) in [6.45, 7) is 0.692. The third-order valence-corrected chi connectivity index (χ3v) is 6.87. The van der Waals surface area contributed by atoms with E-state index in [9.17, 15) is 19.5 Å². The van der Waals surface area contributed by atoms with Gasteiger partial charge >= 0.3 is 12.1 Å². The fourth-order valence-electron chi connectivity index (χ4n) is 5.28. The Morgan fingerprint density at radius 2 is 1.67 bits per heavy atom. The van der Waals surface area contributed by atoms with Crippen LogP contribution >= 0.6 is 0 Å². The largest absolute Gasteiger partial charge is 0.480 e. The molecule has 0 radical (unpaired) electrons. The first-order valence-electron chi connectivity index (χ1n) is 11.4. The Morgan fingerprint density at radius 1 is 1.00 bits per heavy atom. The maximum atomic E-state index is 12.8. The van der Waals surface area contributed by atoms with Crippen LogP contribution in [0.15, 0.2) is 60.7 Å². The molecule has 2 N–H and O–H groups in total. The van der Waals surface area contributed by atoms with Crippen molar-refractivity contribution in [3.05, 3.63) is 71.8 Å². The molecule has 1 aliphatic heterocycles. The molecule has 2 aromatic carbocycles. The van der Waals surface area contributed by atoms with Crippen molar-refractivity contribution in [1.82, 2.24) is 10.2 Å². The zero-order valence-corrected chi connectivity index (χ0v) is 18.1. The fraction of sp³-hybridized carbons (Fsp3) is 0.346. The number of nitrogens with one attached hydrogen (secondary N) is 1. The maximum Gasteiger partial charge on any atom is 0.407 e. The van der Waals surface area contributed by atoms with Crippen LogP contribution in [0.2, 0.25) is 0 Å². The lowest BCUT2D eigenvalue weighted by molar-refractivity contribution is -0.149. The topological polar surface area (TPSA) is 95.9 Å². The molecule has 3 aliphatic rings. The van der Waals surface area contributed by atoms with Crippen LogP contribution in [0.3, 0.4) is 0 Å². The van der Waals surface area contributed by atoms with E-state index in [1.165, 1.54) is 16.0 Å². The first kappa shape index (κ1) is 21.2. The van der Waals surface area contributed by atoms with Gasteiger partial charge in [-0.15, -0.1) is 0 Å². The molecule has 5 rings (SSSR count). The average molecular weight is 447 g/mol. The standard InChI is InChI=1S/C26H26N2O5/c29-24(28-13-5-10-23(28)25(30)31)16-11-12-17(14-16)27-26(32)33-15-22-20-8-3-1-6-18(20)19-7-2-4-9-21(19)22/h1-4,6-9,11-12,16-17,22-23H,5,10,13-15H2,(H,27,32)(H,30,31)/t16?,17?,23-/m1/s1. The minimum atomic E-state index is -0.962. The van der Waals surface area contributed by atoms with E-state index in [4.69, 9.17) is 4.74 Å².